The Balaban J connectivity index is 2.23. The maximum absolute atomic E-state index is 12.6. The van der Waals surface area contributed by atoms with E-state index < -0.39 is 6.10 Å². The molecule has 22 heavy (non-hydrogen) atoms. The third-order valence-corrected chi connectivity index (χ3v) is 5.93. The van der Waals surface area contributed by atoms with Crippen LogP contribution in [0.5, 0.6) is 0 Å². The fourth-order valence-electron chi connectivity index (χ4n) is 4.81. The number of aliphatic hydroxyl groups is 2. The Morgan fingerprint density at radius 1 is 1.41 bits per heavy atom. The summed E-state index contributed by atoms with van der Waals surface area (Å²) in [4.78, 5) is 12.6. The van der Waals surface area contributed by atoms with E-state index in [9.17, 15) is 9.90 Å². The van der Waals surface area contributed by atoms with Crippen molar-refractivity contribution in [2.45, 2.75) is 59.5 Å². The van der Waals surface area contributed by atoms with Crippen molar-refractivity contribution in [1.29, 1.82) is 0 Å². The number of carbonyl (C=O) groups excluding carboxylic acids is 1. The summed E-state index contributed by atoms with van der Waals surface area (Å²) in [6.07, 6.45) is 5.59. The molecule has 0 amide bonds. The molecule has 4 heteroatoms. The molecule has 0 aromatic carbocycles. The van der Waals surface area contributed by atoms with E-state index in [1.54, 1.807) is 0 Å². The van der Waals surface area contributed by atoms with Crippen molar-refractivity contribution in [2.24, 2.45) is 22.7 Å². The maximum atomic E-state index is 12.6. The summed E-state index contributed by atoms with van der Waals surface area (Å²) < 4.78 is 5.30. The summed E-state index contributed by atoms with van der Waals surface area (Å²) in [6, 6.07) is 0. The van der Waals surface area contributed by atoms with Crippen molar-refractivity contribution in [3.8, 4) is 0 Å². The van der Waals surface area contributed by atoms with Gasteiger partial charge >= 0.3 is 5.97 Å². The Labute approximate surface area is 133 Å². The van der Waals surface area contributed by atoms with E-state index in [-0.39, 0.29) is 35.9 Å². The predicted octanol–water partition coefficient (Wildman–Crippen LogP) is 2.68. The van der Waals surface area contributed by atoms with Gasteiger partial charge in [0.05, 0.1) is 12.5 Å². The molecule has 4 atom stereocenters. The third kappa shape index (κ3) is 3.09. The van der Waals surface area contributed by atoms with Crippen LogP contribution in [0.3, 0.4) is 0 Å². The maximum Gasteiger partial charge on any atom is 0.313 e. The summed E-state index contributed by atoms with van der Waals surface area (Å²) in [5.74, 6) is -0.0272. The Hall–Kier alpha value is -0.870. The monoisotopic (exact) mass is 310 g/mol. The van der Waals surface area contributed by atoms with Crippen LogP contribution < -0.4 is 0 Å². The van der Waals surface area contributed by atoms with Crippen molar-refractivity contribution in [1.82, 2.24) is 0 Å². The summed E-state index contributed by atoms with van der Waals surface area (Å²) in [7, 11) is 0. The van der Waals surface area contributed by atoms with Gasteiger partial charge in [0.2, 0.25) is 0 Å². The summed E-state index contributed by atoms with van der Waals surface area (Å²) in [5.41, 5.74) is 1.23. The lowest BCUT2D eigenvalue weighted by atomic mass is 9.49. The molecule has 0 aromatic rings. The molecule has 1 saturated carbocycles. The van der Waals surface area contributed by atoms with Crippen LogP contribution in [0.2, 0.25) is 0 Å². The molecule has 4 nitrogen and oxygen atoms in total. The normalized spacial score (nSPS) is 35.3. The SMILES string of the molecule is CC1=CCC2C(C)(C)CCCC2(C)C1C(=O)OCC(O)CO. The molecule has 1 fully saturated rings. The fraction of sp³-hybridized carbons (Fsp3) is 0.833. The number of hydrogen-bond donors (Lipinski definition) is 2. The second kappa shape index (κ2) is 6.32. The molecule has 0 spiro atoms. The summed E-state index contributed by atoms with van der Waals surface area (Å²) >= 11 is 0. The second-order valence-corrected chi connectivity index (χ2v) is 7.98. The molecule has 0 aliphatic heterocycles. The molecule has 2 aliphatic rings. The number of rotatable bonds is 4. The first kappa shape index (κ1) is 17.5. The highest BCUT2D eigenvalue weighted by atomic mass is 16.5. The van der Waals surface area contributed by atoms with Gasteiger partial charge in [0.1, 0.15) is 12.7 Å². The van der Waals surface area contributed by atoms with Crippen LogP contribution in [-0.2, 0) is 9.53 Å². The second-order valence-electron chi connectivity index (χ2n) is 7.98. The molecule has 2 rings (SSSR count). The largest absolute Gasteiger partial charge is 0.462 e. The first-order valence-electron chi connectivity index (χ1n) is 8.34. The van der Waals surface area contributed by atoms with E-state index in [1.165, 1.54) is 6.42 Å². The number of aliphatic hydroxyl groups excluding tert-OH is 2. The van der Waals surface area contributed by atoms with Gasteiger partial charge in [0.25, 0.3) is 0 Å². The smallest absolute Gasteiger partial charge is 0.313 e. The molecule has 4 unspecified atom stereocenters. The minimum absolute atomic E-state index is 0.0815. The average molecular weight is 310 g/mol. The van der Waals surface area contributed by atoms with Gasteiger partial charge in [-0.15, -0.1) is 0 Å². The zero-order valence-corrected chi connectivity index (χ0v) is 14.3. The molecule has 0 aromatic heterocycles. The van der Waals surface area contributed by atoms with Crippen LogP contribution in [0.1, 0.15) is 53.4 Å². The summed E-state index contributed by atoms with van der Waals surface area (Å²) in [6.45, 7) is 8.33. The van der Waals surface area contributed by atoms with E-state index in [0.717, 1.165) is 24.8 Å². The molecular weight excluding hydrogens is 280 g/mol. The molecule has 2 N–H and O–H groups in total. The van der Waals surface area contributed by atoms with Gasteiger partial charge in [-0.3, -0.25) is 4.79 Å². The fourth-order valence-corrected chi connectivity index (χ4v) is 4.81. The number of allylic oxidation sites excluding steroid dienone is 1. The van der Waals surface area contributed by atoms with Crippen molar-refractivity contribution in [3.05, 3.63) is 11.6 Å². The van der Waals surface area contributed by atoms with Gasteiger partial charge in [0, 0.05) is 0 Å². The molecule has 2 aliphatic carbocycles. The van der Waals surface area contributed by atoms with Gasteiger partial charge in [-0.25, -0.2) is 0 Å². The first-order chi connectivity index (χ1) is 10.2. The van der Waals surface area contributed by atoms with Gasteiger partial charge in [-0.2, -0.15) is 0 Å². The average Bonchev–Trinajstić information content (AvgIpc) is 2.43. The Kier molecular flexibility index (Phi) is 5.03. The lowest BCUT2D eigenvalue weighted by molar-refractivity contribution is -0.161. The molecule has 0 radical (unpaired) electrons. The van der Waals surface area contributed by atoms with Crippen LogP contribution in [0.25, 0.3) is 0 Å². The van der Waals surface area contributed by atoms with Gasteiger partial charge in [0.15, 0.2) is 0 Å². The minimum Gasteiger partial charge on any atom is -0.462 e. The van der Waals surface area contributed by atoms with Crippen LogP contribution in [0, 0.1) is 22.7 Å². The first-order valence-corrected chi connectivity index (χ1v) is 8.34. The predicted molar refractivity (Wildman–Crippen MR) is 85.1 cm³/mol. The minimum atomic E-state index is -0.997. The van der Waals surface area contributed by atoms with Crippen LogP contribution in [0.4, 0.5) is 0 Å². The van der Waals surface area contributed by atoms with Gasteiger partial charge in [-0.05, 0) is 42.9 Å². The Morgan fingerprint density at radius 3 is 2.73 bits per heavy atom. The van der Waals surface area contributed by atoms with Crippen LogP contribution in [-0.4, -0.2) is 35.5 Å². The van der Waals surface area contributed by atoms with Crippen molar-refractivity contribution in [2.75, 3.05) is 13.2 Å². The number of ether oxygens (including phenoxy) is 1. The van der Waals surface area contributed by atoms with Crippen molar-refractivity contribution >= 4 is 5.97 Å². The van der Waals surface area contributed by atoms with Crippen molar-refractivity contribution in [3.63, 3.8) is 0 Å². The topological polar surface area (TPSA) is 66.8 Å². The number of hydrogen-bond acceptors (Lipinski definition) is 4. The highest BCUT2D eigenvalue weighted by molar-refractivity contribution is 5.77. The van der Waals surface area contributed by atoms with E-state index >= 15 is 0 Å². The molecule has 0 bridgehead atoms. The van der Waals surface area contributed by atoms with Gasteiger partial charge < -0.3 is 14.9 Å². The highest BCUT2D eigenvalue weighted by Crippen LogP contribution is 2.59. The quantitative estimate of drug-likeness (QED) is 0.619. The number of esters is 1. The van der Waals surface area contributed by atoms with E-state index in [1.807, 2.05) is 6.92 Å². The Bertz CT molecular complexity index is 454. The molecule has 126 valence electrons. The van der Waals surface area contributed by atoms with E-state index in [2.05, 4.69) is 26.8 Å². The lowest BCUT2D eigenvalue weighted by Gasteiger charge is -2.55. The van der Waals surface area contributed by atoms with Crippen LogP contribution in [0.15, 0.2) is 11.6 Å². The number of fused-ring (bicyclic) bond motifs is 1. The number of carbonyl (C=O) groups is 1. The van der Waals surface area contributed by atoms with Crippen molar-refractivity contribution < 1.29 is 19.7 Å². The summed E-state index contributed by atoms with van der Waals surface area (Å²) in [5, 5.41) is 18.3. The lowest BCUT2D eigenvalue weighted by Crippen LogP contribution is -2.51. The molecular formula is C18H30O4. The molecule has 0 saturated heterocycles. The zero-order valence-electron chi connectivity index (χ0n) is 14.3. The highest BCUT2D eigenvalue weighted by Gasteiger charge is 2.54. The van der Waals surface area contributed by atoms with E-state index in [4.69, 9.17) is 9.84 Å². The zero-order chi connectivity index (χ0) is 16.5. The van der Waals surface area contributed by atoms with E-state index in [0.29, 0.717) is 5.92 Å². The van der Waals surface area contributed by atoms with Gasteiger partial charge in [-0.1, -0.05) is 38.8 Å². The molecule has 0 heterocycles. The standard InChI is InChI=1S/C18H30O4/c1-12-6-7-14-17(2,3)8-5-9-18(14,4)15(12)16(21)22-11-13(20)10-19/h6,13-15,19-20H,5,7-11H2,1-4H3. The Morgan fingerprint density at radius 2 is 2.09 bits per heavy atom. The van der Waals surface area contributed by atoms with Crippen LogP contribution >= 0.6 is 0 Å². The third-order valence-electron chi connectivity index (χ3n) is 5.93.